The fraction of sp³-hybridized carbons (Fsp3) is 0.235. The number of imidazole rings is 1. The Labute approximate surface area is 133 Å². The first-order chi connectivity index (χ1) is 11.2. The molecule has 0 saturated heterocycles. The number of carbonyl (C=O) groups excluding carboxylic acids is 1. The normalized spacial score (nSPS) is 10.8. The maximum absolute atomic E-state index is 12.1. The molecule has 6 nitrogen and oxygen atoms in total. The van der Waals surface area contributed by atoms with Gasteiger partial charge in [-0.2, -0.15) is 0 Å². The van der Waals surface area contributed by atoms with Crippen molar-refractivity contribution in [1.82, 2.24) is 20.3 Å². The SMILES string of the molecule is CCc1cc(C(=O)NCCc2nc3ccccc3[nH]2)cc(=O)[nH]1. The standard InChI is InChI=1S/C17H18N4O2/c1-2-12-9-11(10-16(22)19-12)17(23)18-8-7-15-20-13-5-3-4-6-14(13)21-15/h3-6,9-10H,2,7-8H2,1H3,(H,18,23)(H,19,22)(H,20,21). The molecule has 0 aliphatic rings. The van der Waals surface area contributed by atoms with Crippen LogP contribution in [0.15, 0.2) is 41.2 Å². The molecule has 3 N–H and O–H groups in total. The Kier molecular flexibility index (Phi) is 4.23. The number of aryl methyl sites for hydroxylation is 1. The molecule has 0 radical (unpaired) electrons. The third kappa shape index (κ3) is 3.48. The van der Waals surface area contributed by atoms with Gasteiger partial charge in [0.05, 0.1) is 11.0 Å². The Hall–Kier alpha value is -2.89. The minimum absolute atomic E-state index is 0.248. The Morgan fingerprint density at radius 3 is 2.83 bits per heavy atom. The van der Waals surface area contributed by atoms with Crippen LogP contribution in [-0.4, -0.2) is 27.4 Å². The fourth-order valence-corrected chi connectivity index (χ4v) is 2.44. The van der Waals surface area contributed by atoms with Gasteiger partial charge < -0.3 is 15.3 Å². The van der Waals surface area contributed by atoms with Crippen LogP contribution in [0.4, 0.5) is 0 Å². The van der Waals surface area contributed by atoms with Crippen molar-refractivity contribution in [1.29, 1.82) is 0 Å². The van der Waals surface area contributed by atoms with E-state index in [1.165, 1.54) is 6.07 Å². The van der Waals surface area contributed by atoms with Gasteiger partial charge in [0.2, 0.25) is 5.56 Å². The van der Waals surface area contributed by atoms with E-state index in [4.69, 9.17) is 0 Å². The predicted octanol–water partition coefficient (Wildman–Crippen LogP) is 1.79. The van der Waals surface area contributed by atoms with Gasteiger partial charge in [0.1, 0.15) is 5.82 Å². The number of nitrogens with zero attached hydrogens (tertiary/aromatic N) is 1. The number of pyridine rings is 1. The Morgan fingerprint density at radius 2 is 2.04 bits per heavy atom. The van der Waals surface area contributed by atoms with E-state index in [1.54, 1.807) is 6.07 Å². The van der Waals surface area contributed by atoms with E-state index < -0.39 is 0 Å². The van der Waals surface area contributed by atoms with Crippen LogP contribution in [0.25, 0.3) is 11.0 Å². The van der Waals surface area contributed by atoms with Crippen molar-refractivity contribution in [3.05, 3.63) is 63.8 Å². The van der Waals surface area contributed by atoms with Gasteiger partial charge in [-0.25, -0.2) is 4.98 Å². The van der Waals surface area contributed by atoms with Crippen LogP contribution in [0.5, 0.6) is 0 Å². The van der Waals surface area contributed by atoms with Gasteiger partial charge in [0, 0.05) is 30.3 Å². The van der Waals surface area contributed by atoms with E-state index in [0.717, 1.165) is 22.6 Å². The zero-order chi connectivity index (χ0) is 16.2. The molecular weight excluding hydrogens is 292 g/mol. The minimum Gasteiger partial charge on any atom is -0.352 e. The van der Waals surface area contributed by atoms with Gasteiger partial charge in [0.25, 0.3) is 5.91 Å². The number of amides is 1. The van der Waals surface area contributed by atoms with Crippen LogP contribution in [-0.2, 0) is 12.8 Å². The Balaban J connectivity index is 1.63. The summed E-state index contributed by atoms with van der Waals surface area (Å²) in [5, 5.41) is 2.82. The fourth-order valence-electron chi connectivity index (χ4n) is 2.44. The summed E-state index contributed by atoms with van der Waals surface area (Å²) in [4.78, 5) is 34.0. The molecule has 0 spiro atoms. The van der Waals surface area contributed by atoms with E-state index in [2.05, 4.69) is 20.3 Å². The van der Waals surface area contributed by atoms with Crippen LogP contribution >= 0.6 is 0 Å². The predicted molar refractivity (Wildman–Crippen MR) is 88.6 cm³/mol. The van der Waals surface area contributed by atoms with Gasteiger partial charge in [0.15, 0.2) is 0 Å². The van der Waals surface area contributed by atoms with Gasteiger partial charge >= 0.3 is 0 Å². The van der Waals surface area contributed by atoms with Crippen molar-refractivity contribution in [2.75, 3.05) is 6.54 Å². The quantitative estimate of drug-likeness (QED) is 0.671. The summed E-state index contributed by atoms with van der Waals surface area (Å²) in [6.45, 7) is 2.38. The lowest BCUT2D eigenvalue weighted by Gasteiger charge is -2.05. The highest BCUT2D eigenvalue weighted by molar-refractivity contribution is 5.94. The molecule has 118 valence electrons. The highest BCUT2D eigenvalue weighted by atomic mass is 16.2. The van der Waals surface area contributed by atoms with Crippen molar-refractivity contribution in [2.24, 2.45) is 0 Å². The number of aromatic nitrogens is 3. The first-order valence-corrected chi connectivity index (χ1v) is 7.61. The highest BCUT2D eigenvalue weighted by Crippen LogP contribution is 2.10. The summed E-state index contributed by atoms with van der Waals surface area (Å²) < 4.78 is 0. The summed E-state index contributed by atoms with van der Waals surface area (Å²) in [5.41, 5.74) is 2.77. The van der Waals surface area contributed by atoms with E-state index in [0.29, 0.717) is 24.9 Å². The molecule has 0 bridgehead atoms. The van der Waals surface area contributed by atoms with Gasteiger partial charge in [-0.3, -0.25) is 9.59 Å². The number of para-hydroxylation sites is 2. The summed E-state index contributed by atoms with van der Waals surface area (Å²) >= 11 is 0. The van der Waals surface area contributed by atoms with Crippen molar-refractivity contribution in [3.8, 4) is 0 Å². The number of rotatable bonds is 5. The van der Waals surface area contributed by atoms with E-state index in [-0.39, 0.29) is 11.5 Å². The minimum atomic E-state index is -0.258. The molecule has 0 atom stereocenters. The summed E-state index contributed by atoms with van der Waals surface area (Å²) in [7, 11) is 0. The monoisotopic (exact) mass is 310 g/mol. The number of fused-ring (bicyclic) bond motifs is 1. The van der Waals surface area contributed by atoms with Crippen molar-refractivity contribution < 1.29 is 4.79 Å². The van der Waals surface area contributed by atoms with Gasteiger partial charge in [-0.1, -0.05) is 19.1 Å². The zero-order valence-corrected chi connectivity index (χ0v) is 12.8. The van der Waals surface area contributed by atoms with Crippen LogP contribution in [0, 0.1) is 0 Å². The molecule has 2 heterocycles. The number of nitrogens with one attached hydrogen (secondary N) is 3. The first kappa shape index (κ1) is 15.0. The van der Waals surface area contributed by atoms with Crippen molar-refractivity contribution in [3.63, 3.8) is 0 Å². The average Bonchev–Trinajstić information content (AvgIpc) is 2.96. The number of carbonyl (C=O) groups is 1. The summed E-state index contributed by atoms with van der Waals surface area (Å²) in [6, 6.07) is 10.8. The molecule has 0 unspecified atom stereocenters. The lowest BCUT2D eigenvalue weighted by atomic mass is 10.2. The molecule has 0 fully saturated rings. The molecule has 23 heavy (non-hydrogen) atoms. The number of aromatic amines is 2. The largest absolute Gasteiger partial charge is 0.352 e. The van der Waals surface area contributed by atoms with E-state index >= 15 is 0 Å². The third-order valence-electron chi connectivity index (χ3n) is 3.63. The Bertz CT molecular complexity index is 862. The number of benzene rings is 1. The average molecular weight is 310 g/mol. The van der Waals surface area contributed by atoms with Crippen molar-refractivity contribution in [2.45, 2.75) is 19.8 Å². The molecule has 3 aromatic rings. The topological polar surface area (TPSA) is 90.6 Å². The second kappa shape index (κ2) is 6.48. The number of hydrogen-bond donors (Lipinski definition) is 3. The lowest BCUT2D eigenvalue weighted by molar-refractivity contribution is 0.0953. The van der Waals surface area contributed by atoms with Gasteiger partial charge in [-0.15, -0.1) is 0 Å². The van der Waals surface area contributed by atoms with Crippen LogP contribution < -0.4 is 10.9 Å². The van der Waals surface area contributed by atoms with Crippen LogP contribution in [0.2, 0.25) is 0 Å². The smallest absolute Gasteiger partial charge is 0.251 e. The summed E-state index contributed by atoms with van der Waals surface area (Å²) in [6.07, 6.45) is 1.28. The molecule has 6 heteroatoms. The second-order valence-electron chi connectivity index (χ2n) is 5.32. The maximum Gasteiger partial charge on any atom is 0.251 e. The van der Waals surface area contributed by atoms with E-state index in [1.807, 2.05) is 31.2 Å². The third-order valence-corrected chi connectivity index (χ3v) is 3.63. The van der Waals surface area contributed by atoms with Crippen molar-refractivity contribution >= 4 is 16.9 Å². The second-order valence-corrected chi connectivity index (χ2v) is 5.32. The van der Waals surface area contributed by atoms with E-state index in [9.17, 15) is 9.59 Å². The first-order valence-electron chi connectivity index (χ1n) is 7.61. The Morgan fingerprint density at radius 1 is 1.22 bits per heavy atom. The van der Waals surface area contributed by atoms with Gasteiger partial charge in [-0.05, 0) is 24.6 Å². The zero-order valence-electron chi connectivity index (χ0n) is 12.8. The van der Waals surface area contributed by atoms with Crippen LogP contribution in [0.1, 0.15) is 28.8 Å². The molecule has 2 aromatic heterocycles. The molecular formula is C17H18N4O2. The highest BCUT2D eigenvalue weighted by Gasteiger charge is 2.08. The molecule has 0 aliphatic heterocycles. The lowest BCUT2D eigenvalue weighted by Crippen LogP contribution is -2.27. The molecule has 1 amide bonds. The summed E-state index contributed by atoms with van der Waals surface area (Å²) in [5.74, 6) is 0.577. The molecule has 0 saturated carbocycles. The number of H-pyrrole nitrogens is 2. The molecule has 1 aromatic carbocycles. The number of hydrogen-bond acceptors (Lipinski definition) is 3. The van der Waals surface area contributed by atoms with Crippen LogP contribution in [0.3, 0.4) is 0 Å². The molecule has 0 aliphatic carbocycles. The maximum atomic E-state index is 12.1. The molecule has 3 rings (SSSR count).